The van der Waals surface area contributed by atoms with Crippen LogP contribution in [-0.2, 0) is 6.42 Å². The van der Waals surface area contributed by atoms with Crippen molar-refractivity contribution in [3.63, 3.8) is 0 Å². The molecule has 1 aliphatic rings. The molecule has 1 aromatic carbocycles. The minimum Gasteiger partial charge on any atom is -0.327 e. The second kappa shape index (κ2) is 3.87. The smallest absolute Gasteiger partial charge is 0.137 e. The number of benzene rings is 1. The van der Waals surface area contributed by atoms with Crippen LogP contribution in [0, 0.1) is 11.2 Å². The average molecular weight is 272 g/mol. The van der Waals surface area contributed by atoms with E-state index in [1.807, 2.05) is 13.0 Å². The molecule has 0 spiro atoms. The molecule has 0 radical (unpaired) electrons. The van der Waals surface area contributed by atoms with Crippen LogP contribution >= 0.6 is 15.9 Å². The van der Waals surface area contributed by atoms with Gasteiger partial charge in [-0.15, -0.1) is 0 Å². The molecule has 0 bridgehead atoms. The Balaban J connectivity index is 2.22. The molecule has 0 aliphatic heterocycles. The third kappa shape index (κ3) is 2.08. The summed E-state index contributed by atoms with van der Waals surface area (Å²) in [5, 5.41) is 0. The first-order valence-electron chi connectivity index (χ1n) is 5.24. The number of hydrogen-bond acceptors (Lipinski definition) is 1. The molecule has 2 N–H and O–H groups in total. The Labute approximate surface area is 98.0 Å². The van der Waals surface area contributed by atoms with Crippen LogP contribution in [0.4, 0.5) is 4.39 Å². The standard InChI is InChI=1S/C12H15BrFN/c1-8(15)12(5-6-12)7-9-3-2-4-10(14)11(9)13/h2-4,8H,5-7,15H2,1H3. The molecule has 82 valence electrons. The minimum atomic E-state index is -0.187. The Morgan fingerprint density at radius 3 is 2.73 bits per heavy atom. The van der Waals surface area contributed by atoms with E-state index >= 15 is 0 Å². The molecule has 2 rings (SSSR count). The van der Waals surface area contributed by atoms with E-state index in [1.165, 1.54) is 6.07 Å². The molecule has 0 saturated heterocycles. The maximum absolute atomic E-state index is 13.3. The van der Waals surface area contributed by atoms with Crippen molar-refractivity contribution in [3.05, 3.63) is 34.1 Å². The van der Waals surface area contributed by atoms with Gasteiger partial charge in [-0.1, -0.05) is 12.1 Å². The summed E-state index contributed by atoms with van der Waals surface area (Å²) in [5.74, 6) is -0.187. The third-order valence-electron chi connectivity index (χ3n) is 3.43. The van der Waals surface area contributed by atoms with Gasteiger partial charge in [0, 0.05) is 6.04 Å². The van der Waals surface area contributed by atoms with Gasteiger partial charge < -0.3 is 5.73 Å². The summed E-state index contributed by atoms with van der Waals surface area (Å²) in [4.78, 5) is 0. The van der Waals surface area contributed by atoms with Crippen LogP contribution in [0.15, 0.2) is 22.7 Å². The molecule has 15 heavy (non-hydrogen) atoms. The summed E-state index contributed by atoms with van der Waals surface area (Å²) in [5.41, 5.74) is 7.21. The zero-order valence-corrected chi connectivity index (χ0v) is 10.3. The first kappa shape index (κ1) is 11.1. The lowest BCUT2D eigenvalue weighted by Crippen LogP contribution is -2.29. The predicted molar refractivity (Wildman–Crippen MR) is 63.1 cm³/mol. The first-order chi connectivity index (χ1) is 7.05. The van der Waals surface area contributed by atoms with Crippen molar-refractivity contribution >= 4 is 15.9 Å². The lowest BCUT2D eigenvalue weighted by atomic mass is 9.90. The van der Waals surface area contributed by atoms with E-state index in [9.17, 15) is 4.39 Å². The monoisotopic (exact) mass is 271 g/mol. The van der Waals surface area contributed by atoms with Crippen LogP contribution in [0.5, 0.6) is 0 Å². The van der Waals surface area contributed by atoms with Crippen molar-refractivity contribution in [2.75, 3.05) is 0 Å². The Bertz CT molecular complexity index is 372. The molecule has 1 aliphatic carbocycles. The molecule has 0 aromatic heterocycles. The van der Waals surface area contributed by atoms with Gasteiger partial charge in [-0.05, 0) is 59.2 Å². The topological polar surface area (TPSA) is 26.0 Å². The highest BCUT2D eigenvalue weighted by Gasteiger charge is 2.45. The van der Waals surface area contributed by atoms with Gasteiger partial charge in [-0.3, -0.25) is 0 Å². The predicted octanol–water partition coefficient (Wildman–Crippen LogP) is 3.26. The SMILES string of the molecule is CC(N)C1(Cc2cccc(F)c2Br)CC1. The van der Waals surface area contributed by atoms with Gasteiger partial charge in [0.05, 0.1) is 4.47 Å². The largest absolute Gasteiger partial charge is 0.327 e. The van der Waals surface area contributed by atoms with Crippen molar-refractivity contribution in [1.29, 1.82) is 0 Å². The van der Waals surface area contributed by atoms with Crippen molar-refractivity contribution in [2.24, 2.45) is 11.1 Å². The summed E-state index contributed by atoms with van der Waals surface area (Å²) in [6.07, 6.45) is 3.20. The van der Waals surface area contributed by atoms with Gasteiger partial charge in [-0.25, -0.2) is 4.39 Å². The summed E-state index contributed by atoms with van der Waals surface area (Å²) in [7, 11) is 0. The van der Waals surface area contributed by atoms with Gasteiger partial charge in [0.15, 0.2) is 0 Å². The Hall–Kier alpha value is -0.410. The van der Waals surface area contributed by atoms with Gasteiger partial charge in [0.25, 0.3) is 0 Å². The molecule has 1 atom stereocenters. The van der Waals surface area contributed by atoms with Gasteiger partial charge >= 0.3 is 0 Å². The van der Waals surface area contributed by atoms with Crippen LogP contribution in [-0.4, -0.2) is 6.04 Å². The van der Waals surface area contributed by atoms with E-state index in [2.05, 4.69) is 15.9 Å². The third-order valence-corrected chi connectivity index (χ3v) is 4.32. The molecule has 1 unspecified atom stereocenters. The van der Waals surface area contributed by atoms with E-state index in [1.54, 1.807) is 6.07 Å². The highest BCUT2D eigenvalue weighted by atomic mass is 79.9. The normalized spacial score (nSPS) is 20.0. The fraction of sp³-hybridized carbons (Fsp3) is 0.500. The molecule has 1 fully saturated rings. The fourth-order valence-corrected chi connectivity index (χ4v) is 2.42. The Morgan fingerprint density at radius 2 is 2.20 bits per heavy atom. The fourth-order valence-electron chi connectivity index (χ4n) is 2.02. The highest BCUT2D eigenvalue weighted by molar-refractivity contribution is 9.10. The summed E-state index contributed by atoms with van der Waals surface area (Å²) in [6, 6.07) is 5.38. The molecule has 0 heterocycles. The second-order valence-electron chi connectivity index (χ2n) is 4.54. The molecule has 1 saturated carbocycles. The van der Waals surface area contributed by atoms with Crippen LogP contribution < -0.4 is 5.73 Å². The number of halogens is 2. The van der Waals surface area contributed by atoms with E-state index in [0.717, 1.165) is 24.8 Å². The Kier molecular flexibility index (Phi) is 2.86. The van der Waals surface area contributed by atoms with E-state index in [-0.39, 0.29) is 17.3 Å². The van der Waals surface area contributed by atoms with Crippen molar-refractivity contribution < 1.29 is 4.39 Å². The van der Waals surface area contributed by atoms with Gasteiger partial charge in [-0.2, -0.15) is 0 Å². The van der Waals surface area contributed by atoms with E-state index in [4.69, 9.17) is 5.73 Å². The lowest BCUT2D eigenvalue weighted by molar-refractivity contribution is 0.417. The first-order valence-corrected chi connectivity index (χ1v) is 6.03. The lowest BCUT2D eigenvalue weighted by Gasteiger charge is -2.20. The van der Waals surface area contributed by atoms with Crippen LogP contribution in [0.25, 0.3) is 0 Å². The summed E-state index contributed by atoms with van der Waals surface area (Å²) >= 11 is 3.29. The summed E-state index contributed by atoms with van der Waals surface area (Å²) < 4.78 is 13.9. The Morgan fingerprint density at radius 1 is 1.53 bits per heavy atom. The zero-order chi connectivity index (χ0) is 11.1. The molecular weight excluding hydrogens is 257 g/mol. The van der Waals surface area contributed by atoms with E-state index in [0.29, 0.717) is 4.47 Å². The molecular formula is C12H15BrFN. The second-order valence-corrected chi connectivity index (χ2v) is 5.33. The van der Waals surface area contributed by atoms with E-state index < -0.39 is 0 Å². The highest BCUT2D eigenvalue weighted by Crippen LogP contribution is 2.51. The molecule has 3 heteroatoms. The van der Waals surface area contributed by atoms with Gasteiger partial charge in [0.1, 0.15) is 5.82 Å². The van der Waals surface area contributed by atoms with Crippen LogP contribution in [0.1, 0.15) is 25.3 Å². The number of rotatable bonds is 3. The number of nitrogens with two attached hydrogens (primary N) is 1. The molecule has 1 aromatic rings. The summed E-state index contributed by atoms with van der Waals surface area (Å²) in [6.45, 7) is 2.04. The minimum absolute atomic E-state index is 0.187. The maximum Gasteiger partial charge on any atom is 0.137 e. The quantitative estimate of drug-likeness (QED) is 0.898. The average Bonchev–Trinajstić information content (AvgIpc) is 2.94. The molecule has 0 amide bonds. The van der Waals surface area contributed by atoms with Crippen LogP contribution in [0.2, 0.25) is 0 Å². The van der Waals surface area contributed by atoms with Gasteiger partial charge in [0.2, 0.25) is 0 Å². The van der Waals surface area contributed by atoms with Crippen LogP contribution in [0.3, 0.4) is 0 Å². The van der Waals surface area contributed by atoms with Crippen molar-refractivity contribution in [2.45, 2.75) is 32.2 Å². The number of hydrogen-bond donors (Lipinski definition) is 1. The van der Waals surface area contributed by atoms with Crippen molar-refractivity contribution in [3.8, 4) is 0 Å². The zero-order valence-electron chi connectivity index (χ0n) is 8.76. The van der Waals surface area contributed by atoms with Crippen molar-refractivity contribution in [1.82, 2.24) is 0 Å². The molecule has 1 nitrogen and oxygen atoms in total. The maximum atomic E-state index is 13.3.